The van der Waals surface area contributed by atoms with E-state index in [0.29, 0.717) is 19.7 Å². The van der Waals surface area contributed by atoms with Crippen LogP contribution in [0, 0.1) is 5.82 Å². The Hall–Kier alpha value is -3.06. The van der Waals surface area contributed by atoms with Crippen LogP contribution in [0.1, 0.15) is 24.6 Å². The predicted octanol–water partition coefficient (Wildman–Crippen LogP) is 3.70. The Balaban J connectivity index is 1.41. The number of methoxy groups -OCH3 is 1. The number of hydrogen-bond donors (Lipinski definition) is 1. The Bertz CT molecular complexity index is 1160. The lowest BCUT2D eigenvalue weighted by atomic mass is 9.84. The van der Waals surface area contributed by atoms with E-state index in [4.69, 9.17) is 9.47 Å². The zero-order valence-electron chi connectivity index (χ0n) is 18.5. The van der Waals surface area contributed by atoms with Gasteiger partial charge in [-0.3, -0.25) is 9.69 Å². The van der Waals surface area contributed by atoms with E-state index >= 15 is 0 Å². The van der Waals surface area contributed by atoms with Crippen molar-refractivity contribution in [2.45, 2.75) is 25.3 Å². The molecule has 1 unspecified atom stereocenters. The van der Waals surface area contributed by atoms with Crippen molar-refractivity contribution < 1.29 is 18.7 Å². The summed E-state index contributed by atoms with van der Waals surface area (Å²) < 4.78 is 25.0. The monoisotopic (exact) mass is 437 g/mol. The van der Waals surface area contributed by atoms with E-state index < -0.39 is 0 Å². The maximum atomic E-state index is 13.8. The molecule has 1 saturated heterocycles. The molecule has 2 aliphatic rings. The van der Waals surface area contributed by atoms with Gasteiger partial charge >= 0.3 is 0 Å². The maximum Gasteiger partial charge on any atom is 0.220 e. The summed E-state index contributed by atoms with van der Waals surface area (Å²) >= 11 is 0. The lowest BCUT2D eigenvalue weighted by molar-refractivity contribution is -0.136. The van der Waals surface area contributed by atoms with Crippen molar-refractivity contribution in [3.63, 3.8) is 0 Å². The number of amides is 1. The van der Waals surface area contributed by atoms with Crippen molar-refractivity contribution in [1.29, 1.82) is 0 Å². The molecule has 1 spiro atoms. The van der Waals surface area contributed by atoms with E-state index in [1.165, 1.54) is 17.0 Å². The zero-order chi connectivity index (χ0) is 22.3. The minimum atomic E-state index is -0.385. The van der Waals surface area contributed by atoms with Gasteiger partial charge in [0.2, 0.25) is 5.91 Å². The summed E-state index contributed by atoms with van der Waals surface area (Å²) in [5, 5.41) is 1.17. The number of H-pyrrole nitrogens is 1. The molecule has 5 rings (SSSR count). The van der Waals surface area contributed by atoms with Crippen LogP contribution in [0.2, 0.25) is 0 Å². The number of carbonyl (C=O) groups excluding carboxylic acids is 1. The third-order valence-electron chi connectivity index (χ3n) is 6.89. The Morgan fingerprint density at radius 3 is 2.84 bits per heavy atom. The quantitative estimate of drug-likeness (QED) is 0.661. The van der Waals surface area contributed by atoms with Crippen LogP contribution in [0.4, 0.5) is 4.39 Å². The van der Waals surface area contributed by atoms with E-state index in [1.54, 1.807) is 32.2 Å². The lowest BCUT2D eigenvalue weighted by Gasteiger charge is -2.44. The van der Waals surface area contributed by atoms with Gasteiger partial charge in [0, 0.05) is 49.7 Å². The number of hydrogen-bond acceptors (Lipinski definition) is 4. The van der Waals surface area contributed by atoms with Crippen LogP contribution in [-0.2, 0) is 16.8 Å². The third kappa shape index (κ3) is 3.41. The van der Waals surface area contributed by atoms with Gasteiger partial charge in [0.25, 0.3) is 0 Å². The van der Waals surface area contributed by atoms with Crippen LogP contribution in [0.5, 0.6) is 11.5 Å². The average molecular weight is 438 g/mol. The van der Waals surface area contributed by atoms with Gasteiger partial charge in [0.05, 0.1) is 12.6 Å². The Kier molecular flexibility index (Phi) is 5.29. The second-order valence-electron chi connectivity index (χ2n) is 8.65. The highest BCUT2D eigenvalue weighted by Gasteiger charge is 2.50. The van der Waals surface area contributed by atoms with Crippen molar-refractivity contribution in [2.24, 2.45) is 0 Å². The number of aromatic amines is 1. The van der Waals surface area contributed by atoms with Crippen molar-refractivity contribution in [1.82, 2.24) is 14.8 Å². The number of rotatable bonds is 5. The molecule has 1 N–H and O–H groups in total. The molecule has 3 aromatic rings. The predicted molar refractivity (Wildman–Crippen MR) is 121 cm³/mol. The third-order valence-corrected chi connectivity index (χ3v) is 6.89. The standard InChI is InChI=1S/C25H28FN3O3/c1-17(30)29-11-9-19-20-15-18(31-2)7-8-22(20)27-24(19)25(29)10-12-28(16-25)13-14-32-23-6-4-3-5-21(23)26/h3-8,15,27H,9-14,16H2,1-2H3. The van der Waals surface area contributed by atoms with Gasteiger partial charge in [-0.1, -0.05) is 12.1 Å². The smallest absolute Gasteiger partial charge is 0.220 e. The van der Waals surface area contributed by atoms with Gasteiger partial charge in [-0.2, -0.15) is 0 Å². The van der Waals surface area contributed by atoms with Crippen LogP contribution in [0.3, 0.4) is 0 Å². The minimum Gasteiger partial charge on any atom is -0.497 e. The van der Waals surface area contributed by atoms with E-state index in [2.05, 4.69) is 16.0 Å². The van der Waals surface area contributed by atoms with Gasteiger partial charge in [-0.15, -0.1) is 0 Å². The van der Waals surface area contributed by atoms with Crippen LogP contribution in [0.25, 0.3) is 10.9 Å². The van der Waals surface area contributed by atoms with Gasteiger partial charge in [0.15, 0.2) is 11.6 Å². The zero-order valence-corrected chi connectivity index (χ0v) is 18.5. The van der Waals surface area contributed by atoms with Gasteiger partial charge in [0.1, 0.15) is 12.4 Å². The minimum absolute atomic E-state index is 0.0938. The molecule has 0 radical (unpaired) electrons. The Morgan fingerprint density at radius 2 is 2.06 bits per heavy atom. The maximum absolute atomic E-state index is 13.8. The van der Waals surface area contributed by atoms with E-state index in [1.807, 2.05) is 17.0 Å². The summed E-state index contributed by atoms with van der Waals surface area (Å²) in [5.74, 6) is 0.854. The molecule has 2 aliphatic heterocycles. The number of halogens is 1. The number of carbonyl (C=O) groups is 1. The normalized spacial score (nSPS) is 20.7. The van der Waals surface area contributed by atoms with Crippen LogP contribution < -0.4 is 9.47 Å². The average Bonchev–Trinajstić information content (AvgIpc) is 3.37. The second kappa shape index (κ2) is 8.13. The molecule has 0 aliphatic carbocycles. The van der Waals surface area contributed by atoms with Crippen molar-refractivity contribution >= 4 is 16.8 Å². The number of fused-ring (bicyclic) bond motifs is 4. The van der Waals surface area contributed by atoms with E-state index in [9.17, 15) is 9.18 Å². The molecule has 1 fully saturated rings. The number of likely N-dealkylation sites (tertiary alicyclic amines) is 1. The molecular weight excluding hydrogens is 409 g/mol. The van der Waals surface area contributed by atoms with Gasteiger partial charge in [-0.05, 0) is 48.7 Å². The molecule has 1 amide bonds. The van der Waals surface area contributed by atoms with E-state index in [0.717, 1.165) is 42.9 Å². The number of ether oxygens (including phenoxy) is 2. The summed E-state index contributed by atoms with van der Waals surface area (Å²) in [6.45, 7) is 5.00. The van der Waals surface area contributed by atoms with Gasteiger partial charge in [-0.25, -0.2) is 4.39 Å². The summed E-state index contributed by atoms with van der Waals surface area (Å²) in [5.41, 5.74) is 3.10. The van der Waals surface area contributed by atoms with E-state index in [-0.39, 0.29) is 23.0 Å². The fraction of sp³-hybridized carbons (Fsp3) is 0.400. The van der Waals surface area contributed by atoms with Gasteiger partial charge < -0.3 is 19.4 Å². The number of para-hydroxylation sites is 1. The molecule has 6 nitrogen and oxygen atoms in total. The summed E-state index contributed by atoms with van der Waals surface area (Å²) in [6.07, 6.45) is 1.67. The highest BCUT2D eigenvalue weighted by molar-refractivity contribution is 5.87. The van der Waals surface area contributed by atoms with Crippen LogP contribution >= 0.6 is 0 Å². The second-order valence-corrected chi connectivity index (χ2v) is 8.65. The summed E-state index contributed by atoms with van der Waals surface area (Å²) in [7, 11) is 1.68. The molecule has 0 bridgehead atoms. The number of nitrogens with one attached hydrogen (secondary N) is 1. The number of aromatic nitrogens is 1. The van der Waals surface area contributed by atoms with Crippen molar-refractivity contribution in [3.05, 3.63) is 59.5 Å². The molecule has 1 atom stereocenters. The molecule has 1 aromatic heterocycles. The highest BCUT2D eigenvalue weighted by Crippen LogP contribution is 2.45. The number of benzene rings is 2. The molecular formula is C25H28FN3O3. The molecule has 168 valence electrons. The van der Waals surface area contributed by atoms with Crippen LogP contribution in [0.15, 0.2) is 42.5 Å². The largest absolute Gasteiger partial charge is 0.497 e. The lowest BCUT2D eigenvalue weighted by Crippen LogP contribution is -2.54. The summed E-state index contributed by atoms with van der Waals surface area (Å²) in [4.78, 5) is 20.6. The first-order chi connectivity index (χ1) is 15.5. The van der Waals surface area contributed by atoms with Crippen LogP contribution in [-0.4, -0.2) is 60.6 Å². The molecule has 2 aromatic carbocycles. The summed E-state index contributed by atoms with van der Waals surface area (Å²) in [6, 6.07) is 12.6. The Morgan fingerprint density at radius 1 is 1.22 bits per heavy atom. The Labute approximate surface area is 186 Å². The topological polar surface area (TPSA) is 57.8 Å². The SMILES string of the molecule is COc1ccc2[nH]c3c(c2c1)CCN(C(C)=O)C31CCN(CCOc2ccccc2F)C1. The first-order valence-corrected chi connectivity index (χ1v) is 11.1. The number of nitrogens with zero attached hydrogens (tertiary/aromatic N) is 2. The fourth-order valence-electron chi connectivity index (χ4n) is 5.37. The highest BCUT2D eigenvalue weighted by atomic mass is 19.1. The molecule has 7 heteroatoms. The van der Waals surface area contributed by atoms with Crippen molar-refractivity contribution in [2.75, 3.05) is 39.9 Å². The fourth-order valence-corrected chi connectivity index (χ4v) is 5.37. The first kappa shape index (κ1) is 20.8. The van der Waals surface area contributed by atoms with Crippen molar-refractivity contribution in [3.8, 4) is 11.5 Å². The molecule has 32 heavy (non-hydrogen) atoms. The first-order valence-electron chi connectivity index (χ1n) is 11.1. The molecule has 0 saturated carbocycles. The molecule has 3 heterocycles.